The molecule has 0 spiro atoms. The Hall–Kier alpha value is -3.36. The molecule has 0 bridgehead atoms. The molecule has 476 valence electrons. The van der Waals surface area contributed by atoms with Gasteiger partial charge in [-0.05, 0) is 96.3 Å². The SMILES string of the molecule is CC/C=C\C/C=C\C/C=C\C/C=C\C/C=C\C/C=C\C/C=C\C/C=C\C/C=C\C/C=C\CCCCCCCCCCCCC(=O)NC(COP(=O)(O)OCC[N+](C)(C)C)C(O)/C=C/CCCCCCCCCCCCCCCCCCCC. The Morgan fingerprint density at radius 3 is 1.06 bits per heavy atom. The number of likely N-dealkylation sites (N-methyl/N-ethyl adjacent to an activating group) is 1. The van der Waals surface area contributed by atoms with Gasteiger partial charge in [-0.1, -0.05) is 308 Å². The molecule has 0 aliphatic heterocycles. The summed E-state index contributed by atoms with van der Waals surface area (Å²) in [6, 6.07) is -0.858. The van der Waals surface area contributed by atoms with E-state index in [4.69, 9.17) is 9.05 Å². The number of hydrogen-bond donors (Lipinski definition) is 3. The van der Waals surface area contributed by atoms with Gasteiger partial charge in [0.15, 0.2) is 0 Å². The van der Waals surface area contributed by atoms with Crippen LogP contribution in [0.15, 0.2) is 134 Å². The highest BCUT2D eigenvalue weighted by Gasteiger charge is 2.28. The van der Waals surface area contributed by atoms with Crippen molar-refractivity contribution < 1.29 is 32.9 Å². The van der Waals surface area contributed by atoms with Crippen LogP contribution < -0.4 is 5.32 Å². The zero-order valence-corrected chi connectivity index (χ0v) is 55.3. The van der Waals surface area contributed by atoms with Crippen LogP contribution in [0.25, 0.3) is 0 Å². The molecule has 83 heavy (non-hydrogen) atoms. The molecule has 3 unspecified atom stereocenters. The van der Waals surface area contributed by atoms with E-state index in [1.807, 2.05) is 27.2 Å². The highest BCUT2D eigenvalue weighted by Crippen LogP contribution is 2.43. The predicted octanol–water partition coefficient (Wildman–Crippen LogP) is 21.8. The fourth-order valence-electron chi connectivity index (χ4n) is 9.37. The number of phosphoric acid groups is 1. The van der Waals surface area contributed by atoms with Crippen LogP contribution in [0.4, 0.5) is 0 Å². The van der Waals surface area contributed by atoms with Crippen molar-refractivity contribution in [2.24, 2.45) is 0 Å². The summed E-state index contributed by atoms with van der Waals surface area (Å²) in [4.78, 5) is 23.4. The number of nitrogens with one attached hydrogen (secondary N) is 1. The molecule has 0 radical (unpaired) electrons. The number of hydrogen-bond acceptors (Lipinski definition) is 5. The topological polar surface area (TPSA) is 105 Å². The van der Waals surface area contributed by atoms with Crippen LogP contribution in [0.2, 0.25) is 0 Å². The Labute approximate surface area is 513 Å². The summed E-state index contributed by atoms with van der Waals surface area (Å²) < 4.78 is 23.8. The van der Waals surface area contributed by atoms with Crippen LogP contribution in [0, 0.1) is 0 Å². The van der Waals surface area contributed by atoms with Gasteiger partial charge in [0.1, 0.15) is 13.2 Å². The number of aliphatic hydroxyl groups is 1. The average Bonchev–Trinajstić information content (AvgIpc) is 3.49. The van der Waals surface area contributed by atoms with Gasteiger partial charge in [-0.15, -0.1) is 0 Å². The smallest absolute Gasteiger partial charge is 0.387 e. The molecule has 3 N–H and O–H groups in total. The van der Waals surface area contributed by atoms with Crippen LogP contribution in [0.3, 0.4) is 0 Å². The van der Waals surface area contributed by atoms with Crippen molar-refractivity contribution >= 4 is 13.7 Å². The Kier molecular flexibility index (Phi) is 60.6. The standard InChI is InChI=1S/C74H129N2O6P/c1-6-8-10-12-14-16-18-20-22-24-26-28-29-30-31-32-33-34-35-36-37-38-39-40-41-42-43-44-45-46-47-48-50-52-54-56-58-60-62-64-66-68-74(78)75-72(71-82-83(79,80)81-70-69-76(3,4)5)73(77)67-65-63-61-59-57-55-53-51-49-27-25-23-21-19-17-15-13-11-9-7-2/h8,10,14,16,20,22,26,28,30-31,33-34,36-37,39-40,42-43,45-46,65,67,72-73,77H,6-7,9,11-13,15,17-19,21,23-25,27,29,32,35,38,41,44,47-64,66,68-71H2,1-5H3,(H-,75,78,79,80)/p+1/b10-8-,16-14-,22-20-,28-26-,31-30-,34-33-,37-36-,40-39-,43-42-,46-45-,67-65+. The Bertz CT molecular complexity index is 1810. The predicted molar refractivity (Wildman–Crippen MR) is 364 cm³/mol. The third kappa shape index (κ3) is 66.0. The Balaban J connectivity index is 4.11. The Morgan fingerprint density at radius 1 is 0.422 bits per heavy atom. The number of aliphatic hydroxyl groups excluding tert-OH is 1. The lowest BCUT2D eigenvalue weighted by Crippen LogP contribution is -2.45. The Morgan fingerprint density at radius 2 is 0.723 bits per heavy atom. The molecule has 0 aromatic carbocycles. The lowest BCUT2D eigenvalue weighted by atomic mass is 10.0. The molecule has 0 saturated heterocycles. The van der Waals surface area contributed by atoms with Crippen LogP contribution in [0.1, 0.15) is 277 Å². The van der Waals surface area contributed by atoms with Gasteiger partial charge in [0.2, 0.25) is 5.91 Å². The van der Waals surface area contributed by atoms with Gasteiger partial charge in [0.05, 0.1) is 39.9 Å². The molecule has 1 amide bonds. The highest BCUT2D eigenvalue weighted by molar-refractivity contribution is 7.47. The van der Waals surface area contributed by atoms with E-state index in [2.05, 4.69) is 141 Å². The number of unbranched alkanes of at least 4 members (excludes halogenated alkanes) is 28. The van der Waals surface area contributed by atoms with Gasteiger partial charge in [-0.25, -0.2) is 4.57 Å². The summed E-state index contributed by atoms with van der Waals surface area (Å²) >= 11 is 0. The first kappa shape index (κ1) is 79.6. The summed E-state index contributed by atoms with van der Waals surface area (Å²) in [5.41, 5.74) is 0. The number of amides is 1. The molecule has 9 heteroatoms. The molecule has 0 aliphatic carbocycles. The van der Waals surface area contributed by atoms with E-state index >= 15 is 0 Å². The number of carbonyl (C=O) groups excluding carboxylic acids is 1. The van der Waals surface area contributed by atoms with E-state index in [1.165, 1.54) is 148 Å². The maximum atomic E-state index is 13.0. The fourth-order valence-corrected chi connectivity index (χ4v) is 10.1. The molecule has 0 rings (SSSR count). The zero-order valence-electron chi connectivity index (χ0n) is 54.4. The largest absolute Gasteiger partial charge is 0.472 e. The fraction of sp³-hybridized carbons (Fsp3) is 0.689. The molecular weight excluding hydrogens is 1040 g/mol. The number of phosphoric ester groups is 1. The molecule has 0 aromatic heterocycles. The second-order valence-corrected chi connectivity index (χ2v) is 25.3. The number of rotatable bonds is 61. The van der Waals surface area contributed by atoms with E-state index in [1.54, 1.807) is 6.08 Å². The summed E-state index contributed by atoms with van der Waals surface area (Å²) in [5.74, 6) is -0.184. The van der Waals surface area contributed by atoms with E-state index in [-0.39, 0.29) is 19.1 Å². The number of quaternary nitrogens is 1. The summed E-state index contributed by atoms with van der Waals surface area (Å²) in [5, 5.41) is 14.0. The first-order chi connectivity index (χ1) is 40.5. The van der Waals surface area contributed by atoms with Crippen LogP contribution >= 0.6 is 7.82 Å². The first-order valence-corrected chi connectivity index (χ1v) is 35.6. The van der Waals surface area contributed by atoms with Gasteiger partial charge in [0, 0.05) is 6.42 Å². The number of nitrogens with zero attached hydrogens (tertiary/aromatic N) is 1. The third-order valence-electron chi connectivity index (χ3n) is 14.6. The van der Waals surface area contributed by atoms with Crippen molar-refractivity contribution in [2.75, 3.05) is 40.9 Å². The van der Waals surface area contributed by atoms with Gasteiger partial charge in [-0.3, -0.25) is 13.8 Å². The van der Waals surface area contributed by atoms with Gasteiger partial charge < -0.3 is 19.8 Å². The zero-order chi connectivity index (χ0) is 60.5. The minimum atomic E-state index is -4.36. The van der Waals surface area contributed by atoms with Crippen molar-refractivity contribution in [1.82, 2.24) is 5.32 Å². The van der Waals surface area contributed by atoms with E-state index < -0.39 is 20.0 Å². The monoisotopic (exact) mass is 1170 g/mol. The second kappa shape index (κ2) is 63.2. The van der Waals surface area contributed by atoms with Gasteiger partial charge in [-0.2, -0.15) is 0 Å². The molecule has 0 saturated carbocycles. The first-order valence-electron chi connectivity index (χ1n) is 34.1. The van der Waals surface area contributed by atoms with Gasteiger partial charge >= 0.3 is 7.82 Å². The van der Waals surface area contributed by atoms with Gasteiger partial charge in [0.25, 0.3) is 0 Å². The van der Waals surface area contributed by atoms with Crippen LogP contribution in [-0.2, 0) is 18.4 Å². The molecule has 0 aliphatic rings. The lowest BCUT2D eigenvalue weighted by molar-refractivity contribution is -0.870. The van der Waals surface area contributed by atoms with Crippen molar-refractivity contribution in [2.45, 2.75) is 289 Å². The second-order valence-electron chi connectivity index (χ2n) is 23.8. The van der Waals surface area contributed by atoms with E-state index in [0.29, 0.717) is 17.4 Å². The molecule has 3 atom stereocenters. The molecular formula is C74H130N2O6P+. The lowest BCUT2D eigenvalue weighted by Gasteiger charge is -2.25. The third-order valence-corrected chi connectivity index (χ3v) is 15.6. The average molecular weight is 1170 g/mol. The maximum absolute atomic E-state index is 13.0. The van der Waals surface area contributed by atoms with Crippen molar-refractivity contribution in [3.05, 3.63) is 134 Å². The summed E-state index contributed by atoms with van der Waals surface area (Å²) in [6.07, 6.45) is 95.8. The summed E-state index contributed by atoms with van der Waals surface area (Å²) in [6.45, 7) is 4.71. The number of allylic oxidation sites excluding steroid dienone is 21. The highest BCUT2D eigenvalue weighted by atomic mass is 31.2. The molecule has 0 fully saturated rings. The van der Waals surface area contributed by atoms with Crippen LogP contribution in [0.5, 0.6) is 0 Å². The van der Waals surface area contributed by atoms with Crippen molar-refractivity contribution in [3.8, 4) is 0 Å². The van der Waals surface area contributed by atoms with Crippen LogP contribution in [-0.4, -0.2) is 73.4 Å². The van der Waals surface area contributed by atoms with E-state index in [0.717, 1.165) is 109 Å². The van der Waals surface area contributed by atoms with Crippen molar-refractivity contribution in [3.63, 3.8) is 0 Å². The van der Waals surface area contributed by atoms with Crippen molar-refractivity contribution in [1.29, 1.82) is 0 Å². The number of carbonyl (C=O) groups is 1. The quantitative estimate of drug-likeness (QED) is 0.0243. The molecule has 0 heterocycles. The normalized spacial score (nSPS) is 14.5. The minimum absolute atomic E-state index is 0.0555. The minimum Gasteiger partial charge on any atom is -0.387 e. The molecule has 8 nitrogen and oxygen atoms in total. The van der Waals surface area contributed by atoms with E-state index in [9.17, 15) is 19.4 Å². The maximum Gasteiger partial charge on any atom is 0.472 e. The molecule has 0 aromatic rings. The summed E-state index contributed by atoms with van der Waals surface area (Å²) in [7, 11) is 1.56.